The third-order valence-electron chi connectivity index (χ3n) is 2.97. The predicted molar refractivity (Wildman–Crippen MR) is 53.2 cm³/mol. The van der Waals surface area contributed by atoms with Crippen molar-refractivity contribution in [1.29, 1.82) is 0 Å². The maximum atomic E-state index is 5.62. The zero-order chi connectivity index (χ0) is 8.44. The Bertz CT molecular complexity index is 150. The van der Waals surface area contributed by atoms with Gasteiger partial charge in [-0.1, -0.05) is 0 Å². The zero-order valence-corrected chi connectivity index (χ0v) is 8.86. The van der Waals surface area contributed by atoms with Gasteiger partial charge in [0.05, 0.1) is 13.2 Å². The first kappa shape index (κ1) is 11.2. The number of hydrogen-bond donors (Lipinski definition) is 1. The first-order valence-corrected chi connectivity index (χ1v) is 4.80. The highest BCUT2D eigenvalue weighted by Crippen LogP contribution is 2.35. The predicted octanol–water partition coefficient (Wildman–Crippen LogP) is 1.31. The van der Waals surface area contributed by atoms with E-state index < -0.39 is 0 Å². The Hall–Kier alpha value is 0.170. The van der Waals surface area contributed by atoms with E-state index in [1.165, 1.54) is 12.8 Å². The molecule has 2 fully saturated rings. The van der Waals surface area contributed by atoms with Crippen LogP contribution in [-0.2, 0) is 9.47 Å². The molecular weight excluding hydrogens is 190 g/mol. The van der Waals surface area contributed by atoms with Crippen molar-refractivity contribution in [3.05, 3.63) is 0 Å². The van der Waals surface area contributed by atoms with Crippen LogP contribution in [-0.4, -0.2) is 32.1 Å². The van der Waals surface area contributed by atoms with Crippen LogP contribution in [0.3, 0.4) is 0 Å². The second-order valence-corrected chi connectivity index (χ2v) is 3.67. The average Bonchev–Trinajstić information content (AvgIpc) is 2.55. The highest BCUT2D eigenvalue weighted by atomic mass is 35.5. The molecule has 2 rings (SSSR count). The van der Waals surface area contributed by atoms with Crippen LogP contribution in [0.2, 0.25) is 0 Å². The molecule has 1 spiro atoms. The lowest BCUT2D eigenvalue weighted by atomic mass is 9.90. The van der Waals surface area contributed by atoms with E-state index in [0.29, 0.717) is 6.04 Å². The molecule has 2 aliphatic rings. The van der Waals surface area contributed by atoms with Crippen LogP contribution < -0.4 is 5.32 Å². The average molecular weight is 208 g/mol. The second-order valence-electron chi connectivity index (χ2n) is 3.67. The Balaban J connectivity index is 0.000000845. The first-order valence-electron chi connectivity index (χ1n) is 4.80. The topological polar surface area (TPSA) is 30.5 Å². The van der Waals surface area contributed by atoms with E-state index in [1.807, 2.05) is 7.05 Å². The maximum Gasteiger partial charge on any atom is 0.168 e. The van der Waals surface area contributed by atoms with Crippen LogP contribution in [0.15, 0.2) is 0 Å². The van der Waals surface area contributed by atoms with Gasteiger partial charge in [0.1, 0.15) is 0 Å². The van der Waals surface area contributed by atoms with Gasteiger partial charge in [-0.2, -0.15) is 0 Å². The van der Waals surface area contributed by atoms with Gasteiger partial charge in [0, 0.05) is 18.9 Å². The molecule has 0 radical (unpaired) electrons. The minimum atomic E-state index is -0.187. The van der Waals surface area contributed by atoms with Crippen LogP contribution in [0.4, 0.5) is 0 Å². The van der Waals surface area contributed by atoms with E-state index in [2.05, 4.69) is 5.32 Å². The van der Waals surface area contributed by atoms with Crippen LogP contribution >= 0.6 is 12.4 Å². The molecule has 1 aliphatic carbocycles. The smallest absolute Gasteiger partial charge is 0.168 e. The summed E-state index contributed by atoms with van der Waals surface area (Å²) in [6, 6.07) is 0.670. The number of ether oxygens (including phenoxy) is 2. The van der Waals surface area contributed by atoms with E-state index >= 15 is 0 Å². The summed E-state index contributed by atoms with van der Waals surface area (Å²) in [4.78, 5) is 0. The molecule has 0 unspecified atom stereocenters. The quantitative estimate of drug-likeness (QED) is 0.704. The zero-order valence-electron chi connectivity index (χ0n) is 8.04. The molecule has 4 heteroatoms. The van der Waals surface area contributed by atoms with Gasteiger partial charge in [0.2, 0.25) is 0 Å². The number of halogens is 1. The standard InChI is InChI=1S/C9H17NO2.ClH/c1-10-8-2-4-9(5-3-8)11-6-7-12-9;/h8,10H,2-7H2,1H3;1H. The van der Waals surface area contributed by atoms with Crippen molar-refractivity contribution in [2.24, 2.45) is 0 Å². The molecular formula is C9H18ClNO2. The van der Waals surface area contributed by atoms with Crippen LogP contribution in [0.25, 0.3) is 0 Å². The lowest BCUT2D eigenvalue weighted by molar-refractivity contribution is -0.179. The summed E-state index contributed by atoms with van der Waals surface area (Å²) in [6.45, 7) is 1.56. The Morgan fingerprint density at radius 1 is 1.15 bits per heavy atom. The minimum absolute atomic E-state index is 0. The second kappa shape index (κ2) is 4.60. The van der Waals surface area contributed by atoms with Gasteiger partial charge in [-0.05, 0) is 19.9 Å². The van der Waals surface area contributed by atoms with E-state index in [9.17, 15) is 0 Å². The summed E-state index contributed by atoms with van der Waals surface area (Å²) in [5.74, 6) is -0.187. The third-order valence-corrected chi connectivity index (χ3v) is 2.97. The van der Waals surface area contributed by atoms with Crippen LogP contribution in [0.5, 0.6) is 0 Å². The fourth-order valence-corrected chi connectivity index (χ4v) is 2.13. The summed E-state index contributed by atoms with van der Waals surface area (Å²) >= 11 is 0. The third kappa shape index (κ3) is 2.34. The fourth-order valence-electron chi connectivity index (χ4n) is 2.13. The summed E-state index contributed by atoms with van der Waals surface area (Å²) in [6.07, 6.45) is 4.46. The van der Waals surface area contributed by atoms with Gasteiger partial charge < -0.3 is 14.8 Å². The molecule has 1 aliphatic heterocycles. The highest BCUT2D eigenvalue weighted by molar-refractivity contribution is 5.85. The molecule has 0 aromatic rings. The van der Waals surface area contributed by atoms with Gasteiger partial charge >= 0.3 is 0 Å². The molecule has 0 aromatic heterocycles. The first-order chi connectivity index (χ1) is 5.85. The lowest BCUT2D eigenvalue weighted by Crippen LogP contribution is -2.40. The van der Waals surface area contributed by atoms with Crippen LogP contribution in [0, 0.1) is 0 Å². The van der Waals surface area contributed by atoms with Crippen molar-refractivity contribution in [3.63, 3.8) is 0 Å². The molecule has 0 bridgehead atoms. The Morgan fingerprint density at radius 2 is 1.69 bits per heavy atom. The van der Waals surface area contributed by atoms with Gasteiger partial charge in [-0.15, -0.1) is 12.4 Å². The molecule has 3 nitrogen and oxygen atoms in total. The van der Waals surface area contributed by atoms with Gasteiger partial charge in [0.25, 0.3) is 0 Å². The number of rotatable bonds is 1. The van der Waals surface area contributed by atoms with E-state index in [-0.39, 0.29) is 18.2 Å². The van der Waals surface area contributed by atoms with E-state index in [4.69, 9.17) is 9.47 Å². The number of hydrogen-bond acceptors (Lipinski definition) is 3. The molecule has 78 valence electrons. The molecule has 1 saturated heterocycles. The van der Waals surface area contributed by atoms with Gasteiger partial charge in [-0.3, -0.25) is 0 Å². The van der Waals surface area contributed by atoms with Crippen molar-refractivity contribution in [2.75, 3.05) is 20.3 Å². The van der Waals surface area contributed by atoms with Gasteiger partial charge in [0.15, 0.2) is 5.79 Å². The Labute approximate surface area is 85.6 Å². The van der Waals surface area contributed by atoms with E-state index in [0.717, 1.165) is 26.1 Å². The van der Waals surface area contributed by atoms with Crippen molar-refractivity contribution >= 4 is 12.4 Å². The fraction of sp³-hybridized carbons (Fsp3) is 1.00. The van der Waals surface area contributed by atoms with Crippen molar-refractivity contribution in [1.82, 2.24) is 5.32 Å². The van der Waals surface area contributed by atoms with Gasteiger partial charge in [-0.25, -0.2) is 0 Å². The number of nitrogens with one attached hydrogen (secondary N) is 1. The summed E-state index contributed by atoms with van der Waals surface area (Å²) < 4.78 is 11.2. The summed E-state index contributed by atoms with van der Waals surface area (Å²) in [7, 11) is 2.03. The lowest BCUT2D eigenvalue weighted by Gasteiger charge is -2.35. The molecule has 1 N–H and O–H groups in total. The Kier molecular flexibility index (Phi) is 3.98. The monoisotopic (exact) mass is 207 g/mol. The van der Waals surface area contributed by atoms with E-state index in [1.54, 1.807) is 0 Å². The normalized spacial score (nSPS) is 27.5. The molecule has 0 aromatic carbocycles. The molecule has 1 heterocycles. The summed E-state index contributed by atoms with van der Waals surface area (Å²) in [5.41, 5.74) is 0. The minimum Gasteiger partial charge on any atom is -0.348 e. The summed E-state index contributed by atoms with van der Waals surface area (Å²) in [5, 5.41) is 3.30. The largest absolute Gasteiger partial charge is 0.348 e. The maximum absolute atomic E-state index is 5.62. The molecule has 0 amide bonds. The Morgan fingerprint density at radius 3 is 2.15 bits per heavy atom. The highest BCUT2D eigenvalue weighted by Gasteiger charge is 2.39. The SMILES string of the molecule is CNC1CCC2(CC1)OCCO2.Cl. The molecule has 13 heavy (non-hydrogen) atoms. The van der Waals surface area contributed by atoms with Crippen LogP contribution in [0.1, 0.15) is 25.7 Å². The molecule has 0 atom stereocenters. The van der Waals surface area contributed by atoms with Crippen molar-refractivity contribution in [2.45, 2.75) is 37.5 Å². The molecule has 1 saturated carbocycles. The van der Waals surface area contributed by atoms with Crippen molar-refractivity contribution in [3.8, 4) is 0 Å². The van der Waals surface area contributed by atoms with Crippen molar-refractivity contribution < 1.29 is 9.47 Å².